The smallest absolute Gasteiger partial charge is 0.278 e. The molecular formula is C12H13N5O2. The second-order valence-electron chi connectivity index (χ2n) is 3.97. The van der Waals surface area contributed by atoms with Crippen LogP contribution < -0.4 is 16.8 Å². The predicted octanol–water partition coefficient (Wildman–Crippen LogP) is 0.652. The number of amides is 2. The van der Waals surface area contributed by atoms with Crippen LogP contribution in [0.25, 0.3) is 0 Å². The molecule has 98 valence electrons. The van der Waals surface area contributed by atoms with Crippen LogP contribution in [0.15, 0.2) is 24.3 Å². The van der Waals surface area contributed by atoms with Gasteiger partial charge >= 0.3 is 0 Å². The van der Waals surface area contributed by atoms with Gasteiger partial charge in [-0.25, -0.2) is 0 Å². The molecule has 7 heteroatoms. The van der Waals surface area contributed by atoms with Gasteiger partial charge < -0.3 is 16.8 Å². The summed E-state index contributed by atoms with van der Waals surface area (Å²) in [5.74, 6) is -1.13. The van der Waals surface area contributed by atoms with Crippen molar-refractivity contribution in [2.24, 2.45) is 5.73 Å². The number of nitrogens with one attached hydrogen (secondary N) is 2. The van der Waals surface area contributed by atoms with Crippen LogP contribution in [0.3, 0.4) is 0 Å². The molecule has 0 aliphatic rings. The van der Waals surface area contributed by atoms with Crippen LogP contribution in [0.5, 0.6) is 0 Å². The third kappa shape index (κ3) is 2.39. The molecule has 0 saturated heterocycles. The molecule has 0 spiro atoms. The number of benzene rings is 1. The number of aromatic nitrogens is 2. The summed E-state index contributed by atoms with van der Waals surface area (Å²) in [4.78, 5) is 23.2. The SMILES string of the molecule is Cc1[nH]nc(C(=O)Nc2ccccc2C(N)=O)c1N. The molecule has 2 aromatic rings. The first-order valence-corrected chi connectivity index (χ1v) is 5.51. The van der Waals surface area contributed by atoms with Crippen molar-refractivity contribution in [2.75, 3.05) is 11.1 Å². The maximum absolute atomic E-state index is 12.0. The van der Waals surface area contributed by atoms with Crippen molar-refractivity contribution in [3.8, 4) is 0 Å². The molecule has 7 nitrogen and oxygen atoms in total. The molecule has 2 amide bonds. The Balaban J connectivity index is 2.29. The van der Waals surface area contributed by atoms with Gasteiger partial charge in [0.1, 0.15) is 0 Å². The summed E-state index contributed by atoms with van der Waals surface area (Å²) < 4.78 is 0. The number of nitrogen functional groups attached to an aromatic ring is 1. The number of carbonyl (C=O) groups is 2. The zero-order valence-electron chi connectivity index (χ0n) is 10.2. The molecule has 0 aliphatic carbocycles. The van der Waals surface area contributed by atoms with E-state index >= 15 is 0 Å². The third-order valence-electron chi connectivity index (χ3n) is 2.65. The molecule has 6 N–H and O–H groups in total. The summed E-state index contributed by atoms with van der Waals surface area (Å²) in [5.41, 5.74) is 12.4. The van der Waals surface area contributed by atoms with Crippen molar-refractivity contribution in [1.82, 2.24) is 10.2 Å². The fourth-order valence-electron chi connectivity index (χ4n) is 1.60. The van der Waals surface area contributed by atoms with Crippen LogP contribution in [0.2, 0.25) is 0 Å². The zero-order chi connectivity index (χ0) is 14.0. The first-order valence-electron chi connectivity index (χ1n) is 5.51. The van der Waals surface area contributed by atoms with Gasteiger partial charge in [0.25, 0.3) is 11.8 Å². The van der Waals surface area contributed by atoms with E-state index in [1.165, 1.54) is 6.07 Å². The average molecular weight is 259 g/mol. The van der Waals surface area contributed by atoms with Crippen molar-refractivity contribution in [1.29, 1.82) is 0 Å². The number of primary amides is 1. The highest BCUT2D eigenvalue weighted by Crippen LogP contribution is 2.18. The lowest BCUT2D eigenvalue weighted by molar-refractivity contribution is 0.100. The Morgan fingerprint density at radius 3 is 2.58 bits per heavy atom. The molecule has 0 fully saturated rings. The third-order valence-corrected chi connectivity index (χ3v) is 2.65. The Morgan fingerprint density at radius 2 is 2.00 bits per heavy atom. The lowest BCUT2D eigenvalue weighted by Crippen LogP contribution is -2.19. The zero-order valence-corrected chi connectivity index (χ0v) is 10.2. The fourth-order valence-corrected chi connectivity index (χ4v) is 1.60. The minimum absolute atomic E-state index is 0.0803. The van der Waals surface area contributed by atoms with Gasteiger partial charge in [-0.05, 0) is 19.1 Å². The van der Waals surface area contributed by atoms with E-state index in [1.807, 2.05) is 0 Å². The van der Waals surface area contributed by atoms with Gasteiger partial charge in [-0.15, -0.1) is 0 Å². The normalized spacial score (nSPS) is 10.2. The van der Waals surface area contributed by atoms with E-state index in [-0.39, 0.29) is 16.9 Å². The number of para-hydroxylation sites is 1. The lowest BCUT2D eigenvalue weighted by atomic mass is 10.1. The van der Waals surface area contributed by atoms with E-state index in [0.717, 1.165) is 0 Å². The maximum Gasteiger partial charge on any atom is 0.278 e. The molecule has 0 unspecified atom stereocenters. The van der Waals surface area contributed by atoms with Gasteiger partial charge in [-0.1, -0.05) is 12.1 Å². The summed E-state index contributed by atoms with van der Waals surface area (Å²) in [7, 11) is 0. The van der Waals surface area contributed by atoms with Crippen LogP contribution in [0, 0.1) is 6.92 Å². The quantitative estimate of drug-likeness (QED) is 0.645. The Labute approximate surface area is 109 Å². The second-order valence-corrected chi connectivity index (χ2v) is 3.97. The van der Waals surface area contributed by atoms with E-state index in [1.54, 1.807) is 25.1 Å². The average Bonchev–Trinajstić information content (AvgIpc) is 2.70. The van der Waals surface area contributed by atoms with E-state index in [4.69, 9.17) is 11.5 Å². The van der Waals surface area contributed by atoms with E-state index in [2.05, 4.69) is 15.5 Å². The number of rotatable bonds is 3. The number of nitrogens with zero attached hydrogens (tertiary/aromatic N) is 1. The van der Waals surface area contributed by atoms with Gasteiger partial charge in [0.2, 0.25) is 0 Å². The summed E-state index contributed by atoms with van der Waals surface area (Å²) in [6.07, 6.45) is 0. The Hall–Kier alpha value is -2.83. The molecule has 1 aromatic carbocycles. The summed E-state index contributed by atoms with van der Waals surface area (Å²) in [5, 5.41) is 8.98. The number of aryl methyl sites for hydroxylation is 1. The van der Waals surface area contributed by atoms with Crippen molar-refractivity contribution in [3.05, 3.63) is 41.2 Å². The molecule has 0 radical (unpaired) electrons. The van der Waals surface area contributed by atoms with Gasteiger partial charge in [-0.2, -0.15) is 5.10 Å². The van der Waals surface area contributed by atoms with Crippen molar-refractivity contribution >= 4 is 23.2 Å². The highest BCUT2D eigenvalue weighted by Gasteiger charge is 2.17. The Bertz CT molecular complexity index is 647. The number of hydrogen-bond donors (Lipinski definition) is 4. The van der Waals surface area contributed by atoms with Gasteiger partial charge in [0.05, 0.1) is 22.6 Å². The largest absolute Gasteiger partial charge is 0.395 e. The van der Waals surface area contributed by atoms with Crippen molar-refractivity contribution in [3.63, 3.8) is 0 Å². The van der Waals surface area contributed by atoms with E-state index in [9.17, 15) is 9.59 Å². The monoisotopic (exact) mass is 259 g/mol. The molecule has 0 aliphatic heterocycles. The van der Waals surface area contributed by atoms with Gasteiger partial charge in [0, 0.05) is 0 Å². The molecule has 0 bridgehead atoms. The van der Waals surface area contributed by atoms with Crippen molar-refractivity contribution in [2.45, 2.75) is 6.92 Å². The van der Waals surface area contributed by atoms with Gasteiger partial charge in [-0.3, -0.25) is 14.7 Å². The highest BCUT2D eigenvalue weighted by molar-refractivity contribution is 6.10. The molecule has 1 aromatic heterocycles. The second kappa shape index (κ2) is 4.81. The molecule has 0 saturated carbocycles. The minimum atomic E-state index is -0.623. The van der Waals surface area contributed by atoms with Gasteiger partial charge in [0.15, 0.2) is 5.69 Å². The Kier molecular flexibility index (Phi) is 3.19. The molecule has 0 atom stereocenters. The fraction of sp³-hybridized carbons (Fsp3) is 0.0833. The highest BCUT2D eigenvalue weighted by atomic mass is 16.2. The molecule has 2 rings (SSSR count). The standard InChI is InChI=1S/C12H13N5O2/c1-6-9(13)10(17-16-6)12(19)15-8-5-3-2-4-7(8)11(14)18/h2-5H,13H2,1H3,(H2,14,18)(H,15,19)(H,16,17). The van der Waals surface area contributed by atoms with Crippen LogP contribution in [-0.2, 0) is 0 Å². The lowest BCUT2D eigenvalue weighted by Gasteiger charge is -2.07. The van der Waals surface area contributed by atoms with Crippen molar-refractivity contribution < 1.29 is 9.59 Å². The maximum atomic E-state index is 12.0. The number of anilines is 2. The number of hydrogen-bond acceptors (Lipinski definition) is 4. The van der Waals surface area contributed by atoms with Crippen LogP contribution >= 0.6 is 0 Å². The first kappa shape index (κ1) is 12.6. The summed E-state index contributed by atoms with van der Waals surface area (Å²) >= 11 is 0. The first-order chi connectivity index (χ1) is 9.00. The van der Waals surface area contributed by atoms with Crippen LogP contribution in [-0.4, -0.2) is 22.0 Å². The molecular weight excluding hydrogens is 246 g/mol. The molecule has 19 heavy (non-hydrogen) atoms. The minimum Gasteiger partial charge on any atom is -0.395 e. The number of nitrogens with two attached hydrogens (primary N) is 2. The molecule has 1 heterocycles. The number of aromatic amines is 1. The number of H-pyrrole nitrogens is 1. The summed E-state index contributed by atoms with van der Waals surface area (Å²) in [6, 6.07) is 6.44. The topological polar surface area (TPSA) is 127 Å². The predicted molar refractivity (Wildman–Crippen MR) is 70.7 cm³/mol. The van der Waals surface area contributed by atoms with Crippen LogP contribution in [0.1, 0.15) is 26.5 Å². The van der Waals surface area contributed by atoms with E-state index < -0.39 is 11.8 Å². The van der Waals surface area contributed by atoms with E-state index in [0.29, 0.717) is 11.4 Å². The summed E-state index contributed by atoms with van der Waals surface area (Å²) in [6.45, 7) is 1.70. The number of carbonyl (C=O) groups excluding carboxylic acids is 2. The van der Waals surface area contributed by atoms with Crippen LogP contribution in [0.4, 0.5) is 11.4 Å². The Morgan fingerprint density at radius 1 is 1.32 bits per heavy atom.